The van der Waals surface area contributed by atoms with Crippen LogP contribution in [0, 0.1) is 10.1 Å². The molecule has 10 heteroatoms. The molecule has 0 spiro atoms. The molecule has 3 aromatic rings. The summed E-state index contributed by atoms with van der Waals surface area (Å²) in [7, 11) is 0. The van der Waals surface area contributed by atoms with Crippen molar-refractivity contribution in [2.75, 3.05) is 5.32 Å². The summed E-state index contributed by atoms with van der Waals surface area (Å²) in [5, 5.41) is 13.3. The first kappa shape index (κ1) is 15.2. The van der Waals surface area contributed by atoms with E-state index in [4.69, 9.17) is 0 Å². The molecular formula is C14H11N5O5. The monoisotopic (exact) mass is 329 g/mol. The van der Waals surface area contributed by atoms with Gasteiger partial charge in [-0.25, -0.2) is 4.79 Å². The highest BCUT2D eigenvalue weighted by Crippen LogP contribution is 2.14. The molecule has 10 nitrogen and oxygen atoms in total. The van der Waals surface area contributed by atoms with Gasteiger partial charge in [-0.3, -0.25) is 24.3 Å². The van der Waals surface area contributed by atoms with Gasteiger partial charge in [-0.2, -0.15) is 0 Å². The van der Waals surface area contributed by atoms with Gasteiger partial charge in [-0.15, -0.1) is 0 Å². The van der Waals surface area contributed by atoms with Crippen LogP contribution in [0.25, 0.3) is 11.0 Å². The molecule has 1 amide bonds. The van der Waals surface area contributed by atoms with Crippen LogP contribution in [-0.2, 0) is 11.3 Å². The first-order valence-corrected chi connectivity index (χ1v) is 6.79. The maximum absolute atomic E-state index is 12.0. The number of anilines is 1. The van der Waals surface area contributed by atoms with Gasteiger partial charge in [0.15, 0.2) is 0 Å². The Morgan fingerprint density at radius 1 is 1.17 bits per heavy atom. The summed E-state index contributed by atoms with van der Waals surface area (Å²) in [5.74, 6) is -0.533. The van der Waals surface area contributed by atoms with Crippen LogP contribution < -0.4 is 16.6 Å². The van der Waals surface area contributed by atoms with E-state index in [0.29, 0.717) is 16.7 Å². The molecule has 3 N–H and O–H groups in total. The van der Waals surface area contributed by atoms with Gasteiger partial charge in [0.1, 0.15) is 6.54 Å². The molecule has 0 saturated heterocycles. The Morgan fingerprint density at radius 3 is 2.67 bits per heavy atom. The number of amides is 1. The van der Waals surface area contributed by atoms with Crippen LogP contribution in [0.1, 0.15) is 0 Å². The summed E-state index contributed by atoms with van der Waals surface area (Å²) in [4.78, 5) is 50.1. The van der Waals surface area contributed by atoms with Crippen molar-refractivity contribution in [3.05, 3.63) is 67.5 Å². The van der Waals surface area contributed by atoms with Gasteiger partial charge in [-0.1, -0.05) is 0 Å². The molecule has 1 aromatic carbocycles. The fraction of sp³-hybridized carbons (Fsp3) is 0.0714. The van der Waals surface area contributed by atoms with Crippen LogP contribution in [0.5, 0.6) is 0 Å². The van der Waals surface area contributed by atoms with E-state index < -0.39 is 16.4 Å². The Hall–Kier alpha value is -3.69. The van der Waals surface area contributed by atoms with Gasteiger partial charge in [0.2, 0.25) is 5.91 Å². The van der Waals surface area contributed by atoms with E-state index in [1.54, 1.807) is 18.2 Å². The topological polar surface area (TPSA) is 143 Å². The zero-order valence-corrected chi connectivity index (χ0v) is 12.1. The number of hydrogen-bond donors (Lipinski definition) is 3. The van der Waals surface area contributed by atoms with Crippen LogP contribution >= 0.6 is 0 Å². The third-order valence-corrected chi connectivity index (χ3v) is 3.29. The van der Waals surface area contributed by atoms with Gasteiger partial charge >= 0.3 is 5.69 Å². The second-order valence-electron chi connectivity index (χ2n) is 5.00. The van der Waals surface area contributed by atoms with E-state index in [1.807, 2.05) is 0 Å². The van der Waals surface area contributed by atoms with E-state index in [9.17, 15) is 24.5 Å². The molecule has 0 aliphatic heterocycles. The van der Waals surface area contributed by atoms with Crippen LogP contribution in [-0.4, -0.2) is 25.4 Å². The standard InChI is InChI=1S/C14H11N5O5/c20-12(7-18-6-9(19(23)24)2-4-13(18)21)15-8-1-3-10-11(5-8)17-14(22)16-10/h1-6H,7H2,(H,15,20)(H2,16,17,22). The molecule has 0 aliphatic rings. The van der Waals surface area contributed by atoms with Crippen molar-refractivity contribution in [1.82, 2.24) is 14.5 Å². The lowest BCUT2D eigenvalue weighted by Gasteiger charge is -2.07. The zero-order chi connectivity index (χ0) is 17.3. The number of benzene rings is 1. The molecule has 2 aromatic heterocycles. The summed E-state index contributed by atoms with van der Waals surface area (Å²) in [5.41, 5.74) is 0.353. The van der Waals surface area contributed by atoms with Crippen molar-refractivity contribution < 1.29 is 9.72 Å². The largest absolute Gasteiger partial charge is 0.324 e. The minimum absolute atomic E-state index is 0.284. The van der Waals surface area contributed by atoms with Crippen molar-refractivity contribution in [2.45, 2.75) is 6.54 Å². The van der Waals surface area contributed by atoms with Gasteiger partial charge in [0.25, 0.3) is 11.2 Å². The summed E-state index contributed by atoms with van der Waals surface area (Å²) < 4.78 is 0.949. The first-order chi connectivity index (χ1) is 11.4. The maximum atomic E-state index is 12.0. The molecule has 122 valence electrons. The molecule has 3 rings (SSSR count). The van der Waals surface area contributed by atoms with Crippen molar-refractivity contribution in [2.24, 2.45) is 0 Å². The number of aromatic amines is 2. The molecule has 24 heavy (non-hydrogen) atoms. The Balaban J connectivity index is 1.79. The lowest BCUT2D eigenvalue weighted by Crippen LogP contribution is -2.26. The number of nitro groups is 1. The van der Waals surface area contributed by atoms with E-state index in [0.717, 1.165) is 22.9 Å². The van der Waals surface area contributed by atoms with E-state index >= 15 is 0 Å². The molecule has 0 atom stereocenters. The minimum Gasteiger partial charge on any atom is -0.324 e. The first-order valence-electron chi connectivity index (χ1n) is 6.79. The summed E-state index contributed by atoms with van der Waals surface area (Å²) in [6, 6.07) is 6.86. The lowest BCUT2D eigenvalue weighted by atomic mass is 10.2. The van der Waals surface area contributed by atoms with Gasteiger partial charge in [0, 0.05) is 17.8 Å². The Bertz CT molecular complexity index is 1060. The smallest absolute Gasteiger partial charge is 0.323 e. The van der Waals surface area contributed by atoms with Crippen molar-refractivity contribution in [3.8, 4) is 0 Å². The van der Waals surface area contributed by atoms with Crippen molar-refractivity contribution in [3.63, 3.8) is 0 Å². The number of rotatable bonds is 4. The van der Waals surface area contributed by atoms with Crippen molar-refractivity contribution >= 4 is 28.3 Å². The van der Waals surface area contributed by atoms with Gasteiger partial charge in [0.05, 0.1) is 22.2 Å². The second kappa shape index (κ2) is 5.83. The third kappa shape index (κ3) is 3.06. The van der Waals surface area contributed by atoms with Crippen LogP contribution in [0.2, 0.25) is 0 Å². The van der Waals surface area contributed by atoms with Crippen LogP contribution in [0.3, 0.4) is 0 Å². The summed E-state index contributed by atoms with van der Waals surface area (Å²) in [6.45, 7) is -0.373. The molecule has 0 fully saturated rings. The Morgan fingerprint density at radius 2 is 1.92 bits per heavy atom. The van der Waals surface area contributed by atoms with Crippen LogP contribution in [0.15, 0.2) is 46.1 Å². The molecule has 0 radical (unpaired) electrons. The summed E-state index contributed by atoms with van der Waals surface area (Å²) in [6.07, 6.45) is 1.01. The number of H-pyrrole nitrogens is 2. The Labute approximate surface area is 132 Å². The van der Waals surface area contributed by atoms with Crippen LogP contribution in [0.4, 0.5) is 11.4 Å². The highest BCUT2D eigenvalue weighted by Gasteiger charge is 2.11. The molecule has 2 heterocycles. The maximum Gasteiger partial charge on any atom is 0.323 e. The minimum atomic E-state index is -0.649. The number of imidazole rings is 1. The lowest BCUT2D eigenvalue weighted by molar-refractivity contribution is -0.385. The second-order valence-corrected chi connectivity index (χ2v) is 5.00. The highest BCUT2D eigenvalue weighted by molar-refractivity contribution is 5.92. The quantitative estimate of drug-likeness (QED) is 0.473. The number of hydrogen-bond acceptors (Lipinski definition) is 5. The van der Waals surface area contributed by atoms with Gasteiger partial charge < -0.3 is 15.3 Å². The number of nitrogens with zero attached hydrogens (tertiary/aromatic N) is 2. The average molecular weight is 329 g/mol. The van der Waals surface area contributed by atoms with Gasteiger partial charge in [-0.05, 0) is 18.2 Å². The Kier molecular flexibility index (Phi) is 3.70. The summed E-state index contributed by atoms with van der Waals surface area (Å²) >= 11 is 0. The number of nitrogens with one attached hydrogen (secondary N) is 3. The van der Waals surface area contributed by atoms with E-state index in [-0.39, 0.29) is 17.9 Å². The number of fused-ring (bicyclic) bond motifs is 1. The fourth-order valence-corrected chi connectivity index (χ4v) is 2.22. The number of carbonyl (C=O) groups excluding carboxylic acids is 1. The molecule has 0 unspecified atom stereocenters. The third-order valence-electron chi connectivity index (χ3n) is 3.29. The van der Waals surface area contributed by atoms with Crippen molar-refractivity contribution in [1.29, 1.82) is 0 Å². The predicted octanol–water partition coefficient (Wildman–Crippen LogP) is 0.565. The number of pyridine rings is 1. The zero-order valence-electron chi connectivity index (χ0n) is 12.1. The molecule has 0 bridgehead atoms. The fourth-order valence-electron chi connectivity index (χ4n) is 2.22. The highest BCUT2D eigenvalue weighted by atomic mass is 16.6. The number of aromatic nitrogens is 3. The van der Waals surface area contributed by atoms with E-state index in [2.05, 4.69) is 15.3 Å². The molecule has 0 saturated carbocycles. The molecule has 0 aliphatic carbocycles. The number of carbonyl (C=O) groups is 1. The normalized spacial score (nSPS) is 10.7. The van der Waals surface area contributed by atoms with E-state index in [1.165, 1.54) is 0 Å². The SMILES string of the molecule is O=C(Cn1cc([N+](=O)[O-])ccc1=O)Nc1ccc2[nH]c(=O)[nH]c2c1. The predicted molar refractivity (Wildman–Crippen MR) is 84.9 cm³/mol. The molecular weight excluding hydrogens is 318 g/mol. The average Bonchev–Trinajstić information content (AvgIpc) is 2.88.